The van der Waals surface area contributed by atoms with Gasteiger partial charge < -0.3 is 10.6 Å². The summed E-state index contributed by atoms with van der Waals surface area (Å²) in [5.41, 5.74) is 5.87. The molecule has 2 nitrogen and oxygen atoms in total. The normalized spacial score (nSPS) is 36.9. The third-order valence-electron chi connectivity index (χ3n) is 3.95. The lowest BCUT2D eigenvalue weighted by atomic mass is 9.95. The van der Waals surface area contributed by atoms with E-state index in [9.17, 15) is 0 Å². The van der Waals surface area contributed by atoms with Crippen molar-refractivity contribution in [2.45, 2.75) is 32.7 Å². The van der Waals surface area contributed by atoms with E-state index in [4.69, 9.17) is 5.73 Å². The van der Waals surface area contributed by atoms with Gasteiger partial charge in [-0.3, -0.25) is 0 Å². The Morgan fingerprint density at radius 3 is 2.73 bits per heavy atom. The molecule has 2 heteroatoms. The molecule has 86 valence electrons. The van der Waals surface area contributed by atoms with Gasteiger partial charge in [-0.25, -0.2) is 0 Å². The van der Waals surface area contributed by atoms with Crippen molar-refractivity contribution in [3.8, 4) is 0 Å². The first-order valence-electron chi connectivity index (χ1n) is 6.31. The molecule has 1 saturated heterocycles. The summed E-state index contributed by atoms with van der Waals surface area (Å²) in [5, 5.41) is 0. The zero-order valence-electron chi connectivity index (χ0n) is 10.0. The van der Waals surface area contributed by atoms with Gasteiger partial charge in [-0.05, 0) is 37.1 Å². The molecule has 0 amide bonds. The summed E-state index contributed by atoms with van der Waals surface area (Å²) in [7, 11) is 0. The van der Waals surface area contributed by atoms with Crippen LogP contribution in [-0.2, 0) is 0 Å². The van der Waals surface area contributed by atoms with Crippen molar-refractivity contribution in [3.63, 3.8) is 0 Å². The fraction of sp³-hybridized carbons (Fsp3) is 0.846. The molecule has 0 saturated carbocycles. The van der Waals surface area contributed by atoms with E-state index >= 15 is 0 Å². The second kappa shape index (κ2) is 4.67. The lowest BCUT2D eigenvalue weighted by Crippen LogP contribution is -2.28. The van der Waals surface area contributed by atoms with Crippen LogP contribution in [0.4, 0.5) is 0 Å². The molecule has 2 rings (SSSR count). The van der Waals surface area contributed by atoms with E-state index in [0.717, 1.165) is 18.3 Å². The number of hydrogen-bond acceptors (Lipinski definition) is 2. The second-order valence-electron chi connectivity index (χ2n) is 5.60. The number of hydrogen-bond donors (Lipinski definition) is 1. The Kier molecular flexibility index (Phi) is 3.47. The fourth-order valence-electron chi connectivity index (χ4n) is 2.85. The van der Waals surface area contributed by atoms with Crippen LogP contribution in [-0.4, -0.2) is 30.6 Å². The van der Waals surface area contributed by atoms with Gasteiger partial charge in [0.25, 0.3) is 0 Å². The van der Waals surface area contributed by atoms with Gasteiger partial charge in [0.05, 0.1) is 0 Å². The molecular weight excluding hydrogens is 184 g/mol. The van der Waals surface area contributed by atoms with E-state index in [-0.39, 0.29) is 0 Å². The molecule has 0 radical (unpaired) electrons. The molecule has 0 bridgehead atoms. The summed E-state index contributed by atoms with van der Waals surface area (Å²) in [6.07, 6.45) is 7.02. The topological polar surface area (TPSA) is 29.3 Å². The Bertz CT molecular complexity index is 235. The first-order valence-corrected chi connectivity index (χ1v) is 6.31. The summed E-state index contributed by atoms with van der Waals surface area (Å²) < 4.78 is 0. The van der Waals surface area contributed by atoms with Gasteiger partial charge in [-0.2, -0.15) is 0 Å². The molecule has 1 aliphatic carbocycles. The van der Waals surface area contributed by atoms with Crippen molar-refractivity contribution in [2.75, 3.05) is 19.6 Å². The van der Waals surface area contributed by atoms with Crippen LogP contribution in [0, 0.1) is 17.8 Å². The maximum Gasteiger partial charge on any atom is 0.0229 e. The van der Waals surface area contributed by atoms with Gasteiger partial charge in [0.15, 0.2) is 0 Å². The van der Waals surface area contributed by atoms with Crippen LogP contribution in [0.2, 0.25) is 0 Å². The van der Waals surface area contributed by atoms with E-state index in [1.807, 2.05) is 0 Å². The van der Waals surface area contributed by atoms with Crippen LogP contribution in [0.3, 0.4) is 0 Å². The van der Waals surface area contributed by atoms with E-state index in [1.165, 1.54) is 26.1 Å². The Balaban J connectivity index is 1.75. The van der Waals surface area contributed by atoms with Gasteiger partial charge in [0, 0.05) is 19.1 Å². The van der Waals surface area contributed by atoms with Crippen molar-refractivity contribution in [1.82, 2.24) is 4.90 Å². The average Bonchev–Trinajstić information content (AvgIpc) is 2.76. The standard InChI is InChI=1S/C13H24N2/c1-10(2)12-5-6-15(9-12)8-11-3-4-13(14)7-11/h3-4,10-13H,5-9,14H2,1-2H3. The fourth-order valence-corrected chi connectivity index (χ4v) is 2.85. The summed E-state index contributed by atoms with van der Waals surface area (Å²) in [4.78, 5) is 2.62. The Labute approximate surface area is 93.5 Å². The number of nitrogens with zero attached hydrogens (tertiary/aromatic N) is 1. The first kappa shape index (κ1) is 11.2. The third kappa shape index (κ3) is 2.82. The first-order chi connectivity index (χ1) is 7.15. The highest BCUT2D eigenvalue weighted by molar-refractivity contribution is 5.05. The highest BCUT2D eigenvalue weighted by atomic mass is 15.1. The molecule has 2 aliphatic rings. The number of likely N-dealkylation sites (tertiary alicyclic amines) is 1. The monoisotopic (exact) mass is 208 g/mol. The number of nitrogens with two attached hydrogens (primary N) is 1. The Morgan fingerprint density at radius 2 is 2.20 bits per heavy atom. The SMILES string of the molecule is CC(C)C1CCN(CC2C=CC(N)C2)C1. The Hall–Kier alpha value is -0.340. The smallest absolute Gasteiger partial charge is 0.0229 e. The van der Waals surface area contributed by atoms with Gasteiger partial charge in [0.2, 0.25) is 0 Å². The highest BCUT2D eigenvalue weighted by Gasteiger charge is 2.27. The molecule has 1 aliphatic heterocycles. The zero-order chi connectivity index (χ0) is 10.8. The summed E-state index contributed by atoms with van der Waals surface area (Å²) in [5.74, 6) is 2.48. The number of rotatable bonds is 3. The van der Waals surface area contributed by atoms with Crippen LogP contribution < -0.4 is 5.73 Å². The summed E-state index contributed by atoms with van der Waals surface area (Å²) in [6, 6.07) is 0.318. The van der Waals surface area contributed by atoms with Crippen molar-refractivity contribution < 1.29 is 0 Å². The van der Waals surface area contributed by atoms with E-state index < -0.39 is 0 Å². The summed E-state index contributed by atoms with van der Waals surface area (Å²) >= 11 is 0. The minimum atomic E-state index is 0.318. The van der Waals surface area contributed by atoms with E-state index in [2.05, 4.69) is 30.9 Å². The van der Waals surface area contributed by atoms with Crippen molar-refractivity contribution in [2.24, 2.45) is 23.5 Å². The van der Waals surface area contributed by atoms with Gasteiger partial charge >= 0.3 is 0 Å². The van der Waals surface area contributed by atoms with E-state index in [1.54, 1.807) is 0 Å². The highest BCUT2D eigenvalue weighted by Crippen LogP contribution is 2.26. The van der Waals surface area contributed by atoms with Gasteiger partial charge in [-0.15, -0.1) is 0 Å². The quantitative estimate of drug-likeness (QED) is 0.717. The van der Waals surface area contributed by atoms with Gasteiger partial charge in [0.1, 0.15) is 0 Å². The molecule has 15 heavy (non-hydrogen) atoms. The average molecular weight is 208 g/mol. The van der Waals surface area contributed by atoms with Crippen molar-refractivity contribution in [1.29, 1.82) is 0 Å². The van der Waals surface area contributed by atoms with Crippen LogP contribution >= 0.6 is 0 Å². The molecule has 1 fully saturated rings. The second-order valence-corrected chi connectivity index (χ2v) is 5.60. The molecule has 3 atom stereocenters. The van der Waals surface area contributed by atoms with E-state index in [0.29, 0.717) is 12.0 Å². The minimum absolute atomic E-state index is 0.318. The molecule has 0 spiro atoms. The van der Waals surface area contributed by atoms with Crippen LogP contribution in [0.25, 0.3) is 0 Å². The van der Waals surface area contributed by atoms with Gasteiger partial charge in [-0.1, -0.05) is 26.0 Å². The van der Waals surface area contributed by atoms with Crippen molar-refractivity contribution in [3.05, 3.63) is 12.2 Å². The molecule has 0 aromatic carbocycles. The zero-order valence-corrected chi connectivity index (χ0v) is 10.0. The van der Waals surface area contributed by atoms with Crippen LogP contribution in [0.5, 0.6) is 0 Å². The maximum absolute atomic E-state index is 5.87. The lowest BCUT2D eigenvalue weighted by molar-refractivity contribution is 0.274. The lowest BCUT2D eigenvalue weighted by Gasteiger charge is -2.20. The molecule has 2 N–H and O–H groups in total. The predicted octanol–water partition coefficient (Wildman–Crippen LogP) is 1.87. The predicted molar refractivity (Wildman–Crippen MR) is 64.6 cm³/mol. The molecular formula is C13H24N2. The Morgan fingerprint density at radius 1 is 1.40 bits per heavy atom. The van der Waals surface area contributed by atoms with Crippen LogP contribution in [0.1, 0.15) is 26.7 Å². The maximum atomic E-state index is 5.87. The molecule has 0 aromatic heterocycles. The molecule has 0 aromatic rings. The van der Waals surface area contributed by atoms with Crippen LogP contribution in [0.15, 0.2) is 12.2 Å². The third-order valence-corrected chi connectivity index (χ3v) is 3.95. The largest absolute Gasteiger partial charge is 0.324 e. The molecule has 3 unspecified atom stereocenters. The molecule has 1 heterocycles. The van der Waals surface area contributed by atoms with Crippen molar-refractivity contribution >= 4 is 0 Å². The minimum Gasteiger partial charge on any atom is -0.324 e. The summed E-state index contributed by atoms with van der Waals surface area (Å²) in [6.45, 7) is 8.52.